The van der Waals surface area contributed by atoms with Gasteiger partial charge >= 0.3 is 6.18 Å². The molecule has 1 aliphatic heterocycles. The third-order valence-corrected chi connectivity index (χ3v) is 4.60. The highest BCUT2D eigenvalue weighted by molar-refractivity contribution is 5.37. The van der Waals surface area contributed by atoms with Crippen molar-refractivity contribution in [1.82, 2.24) is 15.0 Å². The molecule has 0 saturated carbocycles. The van der Waals surface area contributed by atoms with Gasteiger partial charge in [0, 0.05) is 19.5 Å². The molecular formula is C18H21F3N4O2. The summed E-state index contributed by atoms with van der Waals surface area (Å²) >= 11 is 0. The van der Waals surface area contributed by atoms with Crippen LogP contribution in [0.3, 0.4) is 0 Å². The van der Waals surface area contributed by atoms with E-state index in [2.05, 4.69) is 15.6 Å². The van der Waals surface area contributed by atoms with Gasteiger partial charge in [-0.05, 0) is 24.1 Å². The minimum absolute atomic E-state index is 0.245. The Morgan fingerprint density at radius 3 is 2.63 bits per heavy atom. The molecule has 0 spiro atoms. The molecule has 3 rings (SSSR count). The molecule has 0 aliphatic carbocycles. The van der Waals surface area contributed by atoms with Crippen molar-refractivity contribution in [2.45, 2.75) is 38.5 Å². The molecule has 9 heteroatoms. The molecule has 2 aromatic rings. The average Bonchev–Trinajstić information content (AvgIpc) is 2.66. The van der Waals surface area contributed by atoms with Crippen molar-refractivity contribution in [3.63, 3.8) is 0 Å². The van der Waals surface area contributed by atoms with E-state index in [1.165, 1.54) is 19.2 Å². The van der Waals surface area contributed by atoms with Gasteiger partial charge in [-0.3, -0.25) is 4.79 Å². The fourth-order valence-electron chi connectivity index (χ4n) is 3.13. The van der Waals surface area contributed by atoms with Gasteiger partial charge in [-0.15, -0.1) is 4.73 Å². The first-order chi connectivity index (χ1) is 12.8. The van der Waals surface area contributed by atoms with Crippen molar-refractivity contribution in [2.24, 2.45) is 0 Å². The number of fused-ring (bicyclic) bond motifs is 1. The lowest BCUT2D eigenvalue weighted by molar-refractivity contribution is -0.137. The monoisotopic (exact) mass is 382 g/mol. The zero-order valence-electron chi connectivity index (χ0n) is 15.1. The summed E-state index contributed by atoms with van der Waals surface area (Å²) in [5.41, 5.74) is 0.948. The van der Waals surface area contributed by atoms with Crippen LogP contribution in [0.15, 0.2) is 29.1 Å². The standard InChI is InChI=1S/C18H21F3N4O2/c1-3-14(11-4-6-12(7-5-11)18(19,20)21)23-17-24-15-8-9-22-10-13(15)16(26)25(17)27-2/h4-7,14,22H,3,8-10H2,1-2H3,(H,23,24)/t14-/m0/s1. The van der Waals surface area contributed by atoms with Crippen LogP contribution in [0.1, 0.15) is 41.8 Å². The quantitative estimate of drug-likeness (QED) is 0.832. The molecule has 0 radical (unpaired) electrons. The van der Waals surface area contributed by atoms with Crippen molar-refractivity contribution >= 4 is 5.95 Å². The van der Waals surface area contributed by atoms with Gasteiger partial charge in [0.25, 0.3) is 5.56 Å². The summed E-state index contributed by atoms with van der Waals surface area (Å²) in [5.74, 6) is 0.245. The second-order valence-corrected chi connectivity index (χ2v) is 6.29. The van der Waals surface area contributed by atoms with Crippen molar-refractivity contribution in [3.05, 3.63) is 57.0 Å². The number of hydrogen-bond acceptors (Lipinski definition) is 5. The smallest absolute Gasteiger partial charge is 0.411 e. The highest BCUT2D eigenvalue weighted by atomic mass is 19.4. The van der Waals surface area contributed by atoms with Crippen LogP contribution in [0.5, 0.6) is 0 Å². The molecule has 0 fully saturated rings. The molecule has 0 bridgehead atoms. The number of alkyl halides is 3. The summed E-state index contributed by atoms with van der Waals surface area (Å²) in [5, 5.41) is 6.27. The van der Waals surface area contributed by atoms with Crippen LogP contribution < -0.4 is 21.0 Å². The molecule has 0 amide bonds. The van der Waals surface area contributed by atoms with E-state index in [0.717, 1.165) is 23.4 Å². The maximum atomic E-state index is 12.8. The zero-order valence-corrected chi connectivity index (χ0v) is 15.1. The first kappa shape index (κ1) is 19.2. The Bertz CT molecular complexity index is 863. The van der Waals surface area contributed by atoms with Gasteiger partial charge in [0.05, 0.1) is 22.9 Å². The third kappa shape index (κ3) is 3.92. The van der Waals surface area contributed by atoms with Crippen molar-refractivity contribution in [1.29, 1.82) is 0 Å². The van der Waals surface area contributed by atoms with E-state index in [9.17, 15) is 18.0 Å². The van der Waals surface area contributed by atoms with Gasteiger partial charge in [0.2, 0.25) is 5.95 Å². The summed E-state index contributed by atoms with van der Waals surface area (Å²) in [4.78, 5) is 22.3. The van der Waals surface area contributed by atoms with Crippen LogP contribution in [0.4, 0.5) is 19.1 Å². The summed E-state index contributed by atoms with van der Waals surface area (Å²) < 4.78 is 39.4. The predicted molar refractivity (Wildman–Crippen MR) is 94.5 cm³/mol. The van der Waals surface area contributed by atoms with Gasteiger partial charge in [-0.2, -0.15) is 13.2 Å². The minimum Gasteiger partial charge on any atom is -0.411 e. The number of hydrogen-bond donors (Lipinski definition) is 2. The molecule has 1 aliphatic rings. The fraction of sp³-hybridized carbons (Fsp3) is 0.444. The highest BCUT2D eigenvalue weighted by Gasteiger charge is 2.30. The zero-order chi connectivity index (χ0) is 19.6. The topological polar surface area (TPSA) is 68.2 Å². The molecule has 1 aromatic heterocycles. The van der Waals surface area contributed by atoms with Crippen molar-refractivity contribution in [2.75, 3.05) is 19.0 Å². The van der Waals surface area contributed by atoms with Gasteiger partial charge in [-0.1, -0.05) is 19.1 Å². The maximum Gasteiger partial charge on any atom is 0.416 e. The van der Waals surface area contributed by atoms with E-state index in [1.807, 2.05) is 6.92 Å². The first-order valence-corrected chi connectivity index (χ1v) is 8.68. The maximum absolute atomic E-state index is 12.8. The number of halogens is 3. The highest BCUT2D eigenvalue weighted by Crippen LogP contribution is 2.31. The third-order valence-electron chi connectivity index (χ3n) is 4.60. The lowest BCUT2D eigenvalue weighted by atomic mass is 10.0. The van der Waals surface area contributed by atoms with E-state index in [4.69, 9.17) is 4.84 Å². The van der Waals surface area contributed by atoms with Crippen LogP contribution >= 0.6 is 0 Å². The summed E-state index contributed by atoms with van der Waals surface area (Å²) in [7, 11) is 1.37. The largest absolute Gasteiger partial charge is 0.416 e. The van der Waals surface area contributed by atoms with Crippen LogP contribution in [0, 0.1) is 0 Å². The molecule has 0 unspecified atom stereocenters. The Morgan fingerprint density at radius 2 is 2.04 bits per heavy atom. The number of nitrogens with zero attached hydrogens (tertiary/aromatic N) is 2. The lowest BCUT2D eigenvalue weighted by Gasteiger charge is -2.23. The lowest BCUT2D eigenvalue weighted by Crippen LogP contribution is -2.38. The van der Waals surface area contributed by atoms with E-state index >= 15 is 0 Å². The summed E-state index contributed by atoms with van der Waals surface area (Å²) in [6.45, 7) is 3.06. The Labute approximate surface area is 154 Å². The van der Waals surface area contributed by atoms with E-state index < -0.39 is 11.7 Å². The van der Waals surface area contributed by atoms with Crippen molar-refractivity contribution < 1.29 is 18.0 Å². The molecule has 0 saturated heterocycles. The Morgan fingerprint density at radius 1 is 1.33 bits per heavy atom. The molecule has 2 heterocycles. The summed E-state index contributed by atoms with van der Waals surface area (Å²) in [6, 6.07) is 4.65. The van der Waals surface area contributed by atoms with Crippen LogP contribution in [0.25, 0.3) is 0 Å². The first-order valence-electron chi connectivity index (χ1n) is 8.68. The van der Waals surface area contributed by atoms with Crippen molar-refractivity contribution in [3.8, 4) is 0 Å². The van der Waals surface area contributed by atoms with Gasteiger partial charge in [0.1, 0.15) is 7.11 Å². The second kappa shape index (κ2) is 7.59. The van der Waals surface area contributed by atoms with Gasteiger partial charge in [0.15, 0.2) is 0 Å². The van der Waals surface area contributed by atoms with Gasteiger partial charge < -0.3 is 15.5 Å². The molecule has 1 atom stereocenters. The second-order valence-electron chi connectivity index (χ2n) is 6.29. The molecule has 6 nitrogen and oxygen atoms in total. The van der Waals surface area contributed by atoms with Crippen LogP contribution in [0.2, 0.25) is 0 Å². The summed E-state index contributed by atoms with van der Waals surface area (Å²) in [6.07, 6.45) is -3.16. The molecule has 1 aromatic carbocycles. The predicted octanol–water partition coefficient (Wildman–Crippen LogP) is 2.53. The van der Waals surface area contributed by atoms with E-state index in [0.29, 0.717) is 36.2 Å². The molecule has 146 valence electrons. The number of benzene rings is 1. The molecular weight excluding hydrogens is 361 g/mol. The Kier molecular flexibility index (Phi) is 5.41. The van der Waals surface area contributed by atoms with Crippen LogP contribution in [-0.4, -0.2) is 23.4 Å². The molecule has 27 heavy (non-hydrogen) atoms. The average molecular weight is 382 g/mol. The Hall–Kier alpha value is -2.55. The number of aromatic nitrogens is 2. The number of anilines is 1. The van der Waals surface area contributed by atoms with Gasteiger partial charge in [-0.25, -0.2) is 4.98 Å². The fourth-order valence-corrected chi connectivity index (χ4v) is 3.13. The van der Waals surface area contributed by atoms with Crippen LogP contribution in [-0.2, 0) is 19.1 Å². The minimum atomic E-state index is -4.38. The normalized spacial score (nSPS) is 15.1. The van der Waals surface area contributed by atoms with E-state index in [1.54, 1.807) is 0 Å². The number of rotatable bonds is 5. The number of nitrogens with one attached hydrogen (secondary N) is 2. The SMILES string of the molecule is CC[C@H](Nc1nc2c(c(=O)n1OC)CNCC2)c1ccc(C(F)(F)F)cc1. The molecule has 2 N–H and O–H groups in total. The van der Waals surface area contributed by atoms with E-state index in [-0.39, 0.29) is 17.5 Å². The Balaban J connectivity index is 1.92.